The van der Waals surface area contributed by atoms with Crippen molar-refractivity contribution in [2.75, 3.05) is 19.1 Å². The van der Waals surface area contributed by atoms with Crippen molar-refractivity contribution < 1.29 is 19.4 Å². The van der Waals surface area contributed by atoms with Crippen LogP contribution in [0, 0.1) is 0 Å². The molecule has 0 bridgehead atoms. The summed E-state index contributed by atoms with van der Waals surface area (Å²) in [5.41, 5.74) is 5.68. The van der Waals surface area contributed by atoms with Crippen molar-refractivity contribution in [3.63, 3.8) is 0 Å². The normalized spacial score (nSPS) is 13.5. The van der Waals surface area contributed by atoms with Crippen LogP contribution < -0.4 is 20.8 Å². The number of rotatable bonds is 5. The third-order valence-electron chi connectivity index (χ3n) is 3.56. The minimum Gasteiger partial charge on any atom is -0.454 e. The maximum Gasteiger partial charge on any atom is 0.273 e. The summed E-state index contributed by atoms with van der Waals surface area (Å²) < 4.78 is 10.6. The Hall–Kier alpha value is -3.07. The van der Waals surface area contributed by atoms with E-state index < -0.39 is 17.6 Å². The van der Waals surface area contributed by atoms with Gasteiger partial charge >= 0.3 is 0 Å². The molecule has 4 N–H and O–H groups in total. The van der Waals surface area contributed by atoms with Crippen LogP contribution in [0.15, 0.2) is 29.1 Å². The van der Waals surface area contributed by atoms with Gasteiger partial charge in [-0.1, -0.05) is 6.07 Å². The number of hydrogen-bond acceptors (Lipinski definition) is 7. The molecule has 1 aliphatic heterocycles. The lowest BCUT2D eigenvalue weighted by Crippen LogP contribution is -2.37. The molecule has 132 valence electrons. The average molecular weight is 346 g/mol. The van der Waals surface area contributed by atoms with Crippen LogP contribution in [-0.4, -0.2) is 45.3 Å². The second-order valence-electron chi connectivity index (χ2n) is 5.74. The standard InChI is InChI=1S/C16H18N4O5/c1-9(21)6-20(15(23)11-5-14(22)19-16(17)18-11)7-10-2-3-12-13(4-10)25-8-24-12/h2-5,9,21H,6-8H2,1H3,(H3,17,18,19,22)/t9-/m1/s1. The molecule has 1 aromatic heterocycles. The van der Waals surface area contributed by atoms with Gasteiger partial charge in [0.05, 0.1) is 6.10 Å². The summed E-state index contributed by atoms with van der Waals surface area (Å²) in [6, 6.07) is 6.40. The molecule has 2 heterocycles. The van der Waals surface area contributed by atoms with Gasteiger partial charge in [0, 0.05) is 19.2 Å². The number of ether oxygens (including phenoxy) is 2. The number of anilines is 1. The first kappa shape index (κ1) is 16.8. The molecule has 9 heteroatoms. The third-order valence-corrected chi connectivity index (χ3v) is 3.56. The molecule has 2 aromatic rings. The molecule has 0 spiro atoms. The maximum absolute atomic E-state index is 12.7. The molecule has 25 heavy (non-hydrogen) atoms. The number of aromatic amines is 1. The van der Waals surface area contributed by atoms with Gasteiger partial charge < -0.3 is 25.2 Å². The lowest BCUT2D eigenvalue weighted by molar-refractivity contribution is 0.0624. The fourth-order valence-corrected chi connectivity index (χ4v) is 2.55. The molecule has 3 rings (SSSR count). The van der Waals surface area contributed by atoms with Crippen LogP contribution in [0.5, 0.6) is 11.5 Å². The number of nitrogens with zero attached hydrogens (tertiary/aromatic N) is 2. The van der Waals surface area contributed by atoms with E-state index >= 15 is 0 Å². The molecule has 1 aromatic carbocycles. The van der Waals surface area contributed by atoms with E-state index in [1.165, 1.54) is 4.90 Å². The predicted molar refractivity (Wildman–Crippen MR) is 88.3 cm³/mol. The van der Waals surface area contributed by atoms with Crippen molar-refractivity contribution in [2.45, 2.75) is 19.6 Å². The first-order valence-electron chi connectivity index (χ1n) is 7.65. The number of nitrogens with two attached hydrogens (primary N) is 1. The van der Waals surface area contributed by atoms with Crippen molar-refractivity contribution in [1.29, 1.82) is 0 Å². The van der Waals surface area contributed by atoms with E-state index in [4.69, 9.17) is 15.2 Å². The predicted octanol–water partition coefficient (Wildman–Crippen LogP) is 0.104. The number of benzene rings is 1. The average Bonchev–Trinajstić information content (AvgIpc) is 3.00. The van der Waals surface area contributed by atoms with Crippen LogP contribution in [0.2, 0.25) is 0 Å². The van der Waals surface area contributed by atoms with Gasteiger partial charge in [-0.15, -0.1) is 0 Å². The molecule has 0 fully saturated rings. The van der Waals surface area contributed by atoms with Crippen LogP contribution >= 0.6 is 0 Å². The third kappa shape index (κ3) is 3.89. The van der Waals surface area contributed by atoms with Crippen LogP contribution in [0.1, 0.15) is 23.0 Å². The monoisotopic (exact) mass is 346 g/mol. The van der Waals surface area contributed by atoms with Gasteiger partial charge in [0.1, 0.15) is 5.69 Å². The summed E-state index contributed by atoms with van der Waals surface area (Å²) in [7, 11) is 0. The number of nitrogens with one attached hydrogen (secondary N) is 1. The highest BCUT2D eigenvalue weighted by molar-refractivity contribution is 5.92. The summed E-state index contributed by atoms with van der Waals surface area (Å²) in [6.07, 6.45) is -0.752. The molecule has 1 amide bonds. The number of aliphatic hydroxyl groups excluding tert-OH is 1. The van der Waals surface area contributed by atoms with Crippen LogP contribution in [0.4, 0.5) is 5.95 Å². The Morgan fingerprint density at radius 3 is 2.88 bits per heavy atom. The molecular weight excluding hydrogens is 328 g/mol. The Morgan fingerprint density at radius 1 is 1.40 bits per heavy atom. The van der Waals surface area contributed by atoms with Gasteiger partial charge in [-0.2, -0.15) is 0 Å². The molecule has 0 unspecified atom stereocenters. The van der Waals surface area contributed by atoms with Crippen molar-refractivity contribution in [1.82, 2.24) is 14.9 Å². The SMILES string of the molecule is C[C@@H](O)CN(Cc1ccc2c(c1)OCO2)C(=O)c1cc(=O)[nH]c(N)n1. The van der Waals surface area contributed by atoms with Gasteiger partial charge in [-0.25, -0.2) is 4.98 Å². The first-order chi connectivity index (χ1) is 11.9. The van der Waals surface area contributed by atoms with Gasteiger partial charge in [-0.05, 0) is 24.6 Å². The molecule has 9 nitrogen and oxygen atoms in total. The summed E-state index contributed by atoms with van der Waals surface area (Å²) in [5, 5.41) is 9.71. The largest absolute Gasteiger partial charge is 0.454 e. The highest BCUT2D eigenvalue weighted by atomic mass is 16.7. The van der Waals surface area contributed by atoms with Crippen LogP contribution in [-0.2, 0) is 6.54 Å². The fourth-order valence-electron chi connectivity index (χ4n) is 2.55. The molecule has 1 aliphatic rings. The number of fused-ring (bicyclic) bond motifs is 1. The topological polar surface area (TPSA) is 131 Å². The fraction of sp³-hybridized carbons (Fsp3) is 0.312. The van der Waals surface area contributed by atoms with E-state index in [0.29, 0.717) is 11.5 Å². The lowest BCUT2D eigenvalue weighted by Gasteiger charge is -2.24. The van der Waals surface area contributed by atoms with E-state index in [2.05, 4.69) is 9.97 Å². The highest BCUT2D eigenvalue weighted by Crippen LogP contribution is 2.32. The number of aliphatic hydroxyl groups is 1. The number of H-pyrrole nitrogens is 1. The van der Waals surface area contributed by atoms with Crippen LogP contribution in [0.3, 0.4) is 0 Å². The Balaban J connectivity index is 1.86. The summed E-state index contributed by atoms with van der Waals surface area (Å²) in [6.45, 7) is 2.00. The zero-order valence-corrected chi connectivity index (χ0v) is 13.6. The second-order valence-corrected chi connectivity index (χ2v) is 5.74. The molecule has 0 saturated heterocycles. The van der Waals surface area contributed by atoms with Gasteiger partial charge in [0.2, 0.25) is 12.7 Å². The van der Waals surface area contributed by atoms with Gasteiger partial charge in [-0.3, -0.25) is 14.6 Å². The number of nitrogen functional groups attached to an aromatic ring is 1. The van der Waals surface area contributed by atoms with Gasteiger partial charge in [0.15, 0.2) is 11.5 Å². The molecule has 0 saturated carbocycles. The van der Waals surface area contributed by atoms with E-state index in [-0.39, 0.29) is 31.5 Å². The zero-order valence-electron chi connectivity index (χ0n) is 13.6. The number of carbonyl (C=O) groups excluding carboxylic acids is 1. The summed E-state index contributed by atoms with van der Waals surface area (Å²) in [5.74, 6) is 0.592. The maximum atomic E-state index is 12.7. The molecule has 0 aliphatic carbocycles. The Bertz CT molecular complexity index is 849. The van der Waals surface area contributed by atoms with Crippen molar-refractivity contribution in [2.24, 2.45) is 0 Å². The summed E-state index contributed by atoms with van der Waals surface area (Å²) in [4.78, 5) is 31.8. The van der Waals surface area contributed by atoms with E-state index in [1.807, 2.05) is 0 Å². The van der Waals surface area contributed by atoms with E-state index in [9.17, 15) is 14.7 Å². The quantitative estimate of drug-likeness (QED) is 0.700. The zero-order chi connectivity index (χ0) is 18.0. The lowest BCUT2D eigenvalue weighted by atomic mass is 10.1. The molecule has 0 radical (unpaired) electrons. The molecular formula is C16H18N4O5. The smallest absolute Gasteiger partial charge is 0.273 e. The highest BCUT2D eigenvalue weighted by Gasteiger charge is 2.21. The Labute approximate surface area is 143 Å². The van der Waals surface area contributed by atoms with Crippen LogP contribution in [0.25, 0.3) is 0 Å². The molecule has 1 atom stereocenters. The van der Waals surface area contributed by atoms with Crippen molar-refractivity contribution >= 4 is 11.9 Å². The minimum atomic E-state index is -0.752. The van der Waals surface area contributed by atoms with Crippen molar-refractivity contribution in [3.8, 4) is 11.5 Å². The Kier molecular flexibility index (Phi) is 4.57. The number of hydrogen-bond donors (Lipinski definition) is 3. The first-order valence-corrected chi connectivity index (χ1v) is 7.65. The number of carbonyl (C=O) groups is 1. The number of aromatic nitrogens is 2. The minimum absolute atomic E-state index is 0.0711. The Morgan fingerprint density at radius 2 is 2.16 bits per heavy atom. The van der Waals surface area contributed by atoms with E-state index in [0.717, 1.165) is 11.6 Å². The van der Waals surface area contributed by atoms with Crippen molar-refractivity contribution in [3.05, 3.63) is 45.9 Å². The second kappa shape index (κ2) is 6.81. The summed E-state index contributed by atoms with van der Waals surface area (Å²) >= 11 is 0. The number of amides is 1. The van der Waals surface area contributed by atoms with Gasteiger partial charge in [0.25, 0.3) is 11.5 Å². The van der Waals surface area contributed by atoms with E-state index in [1.54, 1.807) is 25.1 Å².